The third-order valence-electron chi connectivity index (χ3n) is 4.11. The first-order chi connectivity index (χ1) is 13.8. The molecular formula is C20H20FN3O3S2. The van der Waals surface area contributed by atoms with Crippen LogP contribution in [0.25, 0.3) is 0 Å². The number of carbonyl (C=O) groups is 1. The highest BCUT2D eigenvalue weighted by atomic mass is 32.2. The van der Waals surface area contributed by atoms with Crippen LogP contribution in [-0.4, -0.2) is 25.9 Å². The predicted octanol–water partition coefficient (Wildman–Crippen LogP) is 3.49. The van der Waals surface area contributed by atoms with Crippen LogP contribution in [0, 0.1) is 12.7 Å². The van der Waals surface area contributed by atoms with E-state index in [1.807, 2.05) is 6.92 Å². The van der Waals surface area contributed by atoms with Crippen LogP contribution in [0.4, 0.5) is 9.52 Å². The number of hydrogen-bond donors (Lipinski definition) is 2. The Labute approximate surface area is 172 Å². The third kappa shape index (κ3) is 5.93. The molecule has 3 aromatic rings. The number of nitrogens with zero attached hydrogens (tertiary/aromatic N) is 1. The Balaban J connectivity index is 1.52. The van der Waals surface area contributed by atoms with E-state index in [-0.39, 0.29) is 29.6 Å². The molecule has 0 fully saturated rings. The van der Waals surface area contributed by atoms with E-state index < -0.39 is 10.0 Å². The number of benzene rings is 2. The summed E-state index contributed by atoms with van der Waals surface area (Å²) in [5, 5.41) is 3.15. The summed E-state index contributed by atoms with van der Waals surface area (Å²) < 4.78 is 39.7. The van der Waals surface area contributed by atoms with E-state index in [4.69, 9.17) is 0 Å². The van der Waals surface area contributed by atoms with Gasteiger partial charge in [0.25, 0.3) is 0 Å². The summed E-state index contributed by atoms with van der Waals surface area (Å²) in [5.41, 5.74) is 1.74. The highest BCUT2D eigenvalue weighted by molar-refractivity contribution is 7.89. The molecule has 0 saturated heterocycles. The summed E-state index contributed by atoms with van der Waals surface area (Å²) in [4.78, 5) is 17.6. The second-order valence-electron chi connectivity index (χ2n) is 6.34. The fourth-order valence-corrected chi connectivity index (χ4v) is 4.66. The van der Waals surface area contributed by atoms with Crippen molar-refractivity contribution in [1.82, 2.24) is 9.71 Å². The van der Waals surface area contributed by atoms with E-state index in [1.165, 1.54) is 35.6 Å². The lowest BCUT2D eigenvalue weighted by molar-refractivity contribution is -0.116. The zero-order valence-corrected chi connectivity index (χ0v) is 17.3. The predicted molar refractivity (Wildman–Crippen MR) is 111 cm³/mol. The van der Waals surface area contributed by atoms with E-state index in [0.717, 1.165) is 16.1 Å². The van der Waals surface area contributed by atoms with Gasteiger partial charge in [0, 0.05) is 24.3 Å². The van der Waals surface area contributed by atoms with Gasteiger partial charge in [0.2, 0.25) is 15.9 Å². The van der Waals surface area contributed by atoms with Gasteiger partial charge in [0.05, 0.1) is 10.6 Å². The lowest BCUT2D eigenvalue weighted by atomic mass is 10.1. The van der Waals surface area contributed by atoms with Crippen molar-refractivity contribution in [2.45, 2.75) is 24.7 Å². The van der Waals surface area contributed by atoms with Crippen molar-refractivity contribution in [3.05, 3.63) is 76.5 Å². The Hall–Kier alpha value is -2.62. The SMILES string of the molecule is Cc1nc(NC(=O)CCNS(=O)(=O)c2ccccc2)sc1Cc1ccc(F)cc1. The molecular weight excluding hydrogens is 413 g/mol. The van der Waals surface area contributed by atoms with Crippen molar-refractivity contribution in [1.29, 1.82) is 0 Å². The molecule has 1 amide bonds. The van der Waals surface area contributed by atoms with Gasteiger partial charge in [0.1, 0.15) is 5.82 Å². The quantitative estimate of drug-likeness (QED) is 0.569. The largest absolute Gasteiger partial charge is 0.302 e. The highest BCUT2D eigenvalue weighted by Crippen LogP contribution is 2.25. The normalized spacial score (nSPS) is 11.4. The Kier molecular flexibility index (Phi) is 6.73. The van der Waals surface area contributed by atoms with Crippen LogP contribution in [0.3, 0.4) is 0 Å². The molecule has 3 rings (SSSR count). The third-order valence-corrected chi connectivity index (χ3v) is 6.66. The molecule has 152 valence electrons. The molecule has 1 aromatic heterocycles. The van der Waals surface area contributed by atoms with Gasteiger partial charge in [-0.3, -0.25) is 4.79 Å². The highest BCUT2D eigenvalue weighted by Gasteiger charge is 2.15. The zero-order chi connectivity index (χ0) is 20.9. The summed E-state index contributed by atoms with van der Waals surface area (Å²) in [7, 11) is -3.64. The maximum Gasteiger partial charge on any atom is 0.240 e. The zero-order valence-electron chi connectivity index (χ0n) is 15.7. The number of carbonyl (C=O) groups excluding carboxylic acids is 1. The van der Waals surface area contributed by atoms with Crippen LogP contribution < -0.4 is 10.0 Å². The van der Waals surface area contributed by atoms with Crippen LogP contribution in [0.15, 0.2) is 59.5 Å². The number of nitrogens with one attached hydrogen (secondary N) is 2. The fourth-order valence-electron chi connectivity index (χ4n) is 2.60. The summed E-state index contributed by atoms with van der Waals surface area (Å²) in [6, 6.07) is 14.2. The van der Waals surface area contributed by atoms with Gasteiger partial charge in [-0.15, -0.1) is 11.3 Å². The Bertz CT molecular complexity index is 1080. The molecule has 0 atom stereocenters. The van der Waals surface area contributed by atoms with Crippen molar-refractivity contribution in [2.24, 2.45) is 0 Å². The molecule has 6 nitrogen and oxygen atoms in total. The monoisotopic (exact) mass is 433 g/mol. The lowest BCUT2D eigenvalue weighted by Crippen LogP contribution is -2.27. The number of anilines is 1. The van der Waals surface area contributed by atoms with Crippen molar-refractivity contribution in [3.8, 4) is 0 Å². The average molecular weight is 434 g/mol. The minimum atomic E-state index is -3.64. The van der Waals surface area contributed by atoms with Crippen LogP contribution in [0.1, 0.15) is 22.6 Å². The first-order valence-corrected chi connectivity index (χ1v) is 11.2. The molecule has 9 heteroatoms. The van der Waals surface area contributed by atoms with E-state index in [2.05, 4.69) is 15.0 Å². The van der Waals surface area contributed by atoms with Gasteiger partial charge in [0.15, 0.2) is 5.13 Å². The Morgan fingerprint density at radius 2 is 1.79 bits per heavy atom. The fraction of sp³-hybridized carbons (Fsp3) is 0.200. The van der Waals surface area contributed by atoms with Crippen LogP contribution in [-0.2, 0) is 21.2 Å². The van der Waals surface area contributed by atoms with Crippen molar-refractivity contribution < 1.29 is 17.6 Å². The number of hydrogen-bond acceptors (Lipinski definition) is 5. The van der Waals surface area contributed by atoms with Gasteiger partial charge in [-0.25, -0.2) is 22.5 Å². The molecule has 0 saturated carbocycles. The molecule has 0 aliphatic carbocycles. The van der Waals surface area contributed by atoms with Crippen molar-refractivity contribution in [3.63, 3.8) is 0 Å². The number of halogens is 1. The van der Waals surface area contributed by atoms with Gasteiger partial charge < -0.3 is 5.32 Å². The smallest absolute Gasteiger partial charge is 0.240 e. The Morgan fingerprint density at radius 3 is 2.48 bits per heavy atom. The van der Waals surface area contributed by atoms with E-state index in [0.29, 0.717) is 11.6 Å². The lowest BCUT2D eigenvalue weighted by Gasteiger charge is -2.06. The minimum absolute atomic E-state index is 0.0159. The summed E-state index contributed by atoms with van der Waals surface area (Å²) in [6.45, 7) is 1.83. The molecule has 0 spiro atoms. The minimum Gasteiger partial charge on any atom is -0.302 e. The molecule has 29 heavy (non-hydrogen) atoms. The van der Waals surface area contributed by atoms with Gasteiger partial charge in [-0.05, 0) is 36.8 Å². The van der Waals surface area contributed by atoms with Gasteiger partial charge >= 0.3 is 0 Å². The van der Waals surface area contributed by atoms with Crippen LogP contribution in [0.5, 0.6) is 0 Å². The Morgan fingerprint density at radius 1 is 1.10 bits per heavy atom. The van der Waals surface area contributed by atoms with E-state index in [1.54, 1.807) is 30.3 Å². The molecule has 0 bridgehead atoms. The number of sulfonamides is 1. The molecule has 0 aliphatic heterocycles. The maximum absolute atomic E-state index is 13.0. The summed E-state index contributed by atoms with van der Waals surface area (Å²) >= 11 is 1.35. The maximum atomic E-state index is 13.0. The van der Waals surface area contributed by atoms with E-state index in [9.17, 15) is 17.6 Å². The number of aryl methyl sites for hydroxylation is 1. The second kappa shape index (κ2) is 9.25. The van der Waals surface area contributed by atoms with Crippen molar-refractivity contribution >= 4 is 32.4 Å². The topological polar surface area (TPSA) is 88.2 Å². The number of aromatic nitrogens is 1. The first kappa shape index (κ1) is 21.1. The van der Waals surface area contributed by atoms with Gasteiger partial charge in [-0.2, -0.15) is 0 Å². The molecule has 0 aliphatic rings. The molecule has 0 unspecified atom stereocenters. The summed E-state index contributed by atoms with van der Waals surface area (Å²) in [6.07, 6.45) is 0.578. The second-order valence-corrected chi connectivity index (χ2v) is 9.19. The number of rotatable bonds is 8. The first-order valence-electron chi connectivity index (χ1n) is 8.89. The van der Waals surface area contributed by atoms with Crippen LogP contribution in [0.2, 0.25) is 0 Å². The standard InChI is InChI=1S/C20H20FN3O3S2/c1-14-18(13-15-7-9-16(21)10-8-15)28-20(23-14)24-19(25)11-12-22-29(26,27)17-5-3-2-4-6-17/h2-10,22H,11-13H2,1H3,(H,23,24,25). The molecule has 1 heterocycles. The van der Waals surface area contributed by atoms with Crippen molar-refractivity contribution in [2.75, 3.05) is 11.9 Å². The van der Waals surface area contributed by atoms with E-state index >= 15 is 0 Å². The summed E-state index contributed by atoms with van der Waals surface area (Å²) in [5.74, 6) is -0.617. The average Bonchev–Trinajstić information content (AvgIpc) is 3.03. The number of amides is 1. The van der Waals surface area contributed by atoms with Crippen LogP contribution >= 0.6 is 11.3 Å². The molecule has 2 aromatic carbocycles. The van der Waals surface area contributed by atoms with Gasteiger partial charge in [-0.1, -0.05) is 30.3 Å². The molecule has 0 radical (unpaired) electrons. The number of thiazole rings is 1. The molecule has 2 N–H and O–H groups in total.